The molecule has 2 fully saturated rings. The lowest BCUT2D eigenvalue weighted by Crippen LogP contribution is -2.36. The predicted octanol–water partition coefficient (Wildman–Crippen LogP) is 3.54. The number of fused-ring (bicyclic) bond motifs is 1. The van der Waals surface area contributed by atoms with Gasteiger partial charge >= 0.3 is 6.03 Å². The summed E-state index contributed by atoms with van der Waals surface area (Å²) in [6, 6.07) is 17.5. The van der Waals surface area contributed by atoms with E-state index in [1.165, 1.54) is 5.56 Å². The molecule has 142 valence electrons. The summed E-state index contributed by atoms with van der Waals surface area (Å²) in [5.41, 5.74) is 1.20. The van der Waals surface area contributed by atoms with Gasteiger partial charge in [-0.15, -0.1) is 0 Å². The topological polar surface area (TPSA) is 61.8 Å². The number of aliphatic hydroxyl groups is 1. The highest BCUT2D eigenvalue weighted by Crippen LogP contribution is 2.45. The Balaban J connectivity index is 1.36. The molecule has 0 aromatic heterocycles. The number of hydrogen-bond donors (Lipinski definition) is 2. The number of likely N-dealkylation sites (tertiary alicyclic amines) is 1. The maximum absolute atomic E-state index is 12.7. The van der Waals surface area contributed by atoms with E-state index in [-0.39, 0.29) is 6.03 Å². The number of nitrogens with one attached hydrogen (secondary N) is 1. The molecule has 0 bridgehead atoms. The Bertz CT molecular complexity index is 794. The van der Waals surface area contributed by atoms with E-state index in [2.05, 4.69) is 17.4 Å². The van der Waals surface area contributed by atoms with Gasteiger partial charge in [0.25, 0.3) is 0 Å². The normalized spacial score (nSPS) is 26.7. The van der Waals surface area contributed by atoms with Crippen molar-refractivity contribution in [3.63, 3.8) is 0 Å². The summed E-state index contributed by atoms with van der Waals surface area (Å²) in [7, 11) is 1.60. The number of anilines is 1. The highest BCUT2D eigenvalue weighted by Gasteiger charge is 2.49. The summed E-state index contributed by atoms with van der Waals surface area (Å²) >= 11 is 0. The van der Waals surface area contributed by atoms with Crippen LogP contribution in [0, 0.1) is 11.8 Å². The molecule has 2 aromatic rings. The zero-order valence-electron chi connectivity index (χ0n) is 15.6. The van der Waals surface area contributed by atoms with Crippen molar-refractivity contribution < 1.29 is 14.6 Å². The Morgan fingerprint density at radius 2 is 1.74 bits per heavy atom. The van der Waals surface area contributed by atoms with Gasteiger partial charge in [0.2, 0.25) is 0 Å². The van der Waals surface area contributed by atoms with E-state index in [0.717, 1.165) is 12.8 Å². The van der Waals surface area contributed by atoms with Crippen LogP contribution in [0.2, 0.25) is 0 Å². The average molecular weight is 366 g/mol. The Labute approximate surface area is 160 Å². The van der Waals surface area contributed by atoms with Crippen molar-refractivity contribution in [2.45, 2.75) is 24.9 Å². The number of benzene rings is 2. The minimum atomic E-state index is -0.651. The third kappa shape index (κ3) is 3.78. The van der Waals surface area contributed by atoms with Crippen LogP contribution in [0.1, 0.15) is 18.4 Å². The Hall–Kier alpha value is -2.53. The van der Waals surface area contributed by atoms with Gasteiger partial charge in [0, 0.05) is 19.5 Å². The highest BCUT2D eigenvalue weighted by molar-refractivity contribution is 5.91. The van der Waals surface area contributed by atoms with Crippen molar-refractivity contribution in [3.8, 4) is 5.75 Å². The number of amides is 2. The van der Waals surface area contributed by atoms with Gasteiger partial charge in [-0.25, -0.2) is 4.79 Å². The molecule has 2 atom stereocenters. The van der Waals surface area contributed by atoms with Crippen LogP contribution in [-0.2, 0) is 6.42 Å². The van der Waals surface area contributed by atoms with Crippen molar-refractivity contribution in [2.24, 2.45) is 11.8 Å². The molecular formula is C22H26N2O3. The van der Waals surface area contributed by atoms with Crippen molar-refractivity contribution >= 4 is 11.7 Å². The molecule has 2 aliphatic rings. The first kappa shape index (κ1) is 17.9. The number of carbonyl (C=O) groups excluding carboxylic acids is 1. The van der Waals surface area contributed by atoms with Gasteiger partial charge in [0.05, 0.1) is 18.4 Å². The number of urea groups is 1. The largest absolute Gasteiger partial charge is 0.495 e. The van der Waals surface area contributed by atoms with Crippen molar-refractivity contribution in [1.82, 2.24) is 4.90 Å². The molecule has 1 saturated carbocycles. The molecule has 1 aliphatic heterocycles. The van der Waals surface area contributed by atoms with Crippen LogP contribution in [-0.4, -0.2) is 41.8 Å². The Morgan fingerprint density at radius 1 is 1.11 bits per heavy atom. The zero-order chi connectivity index (χ0) is 18.9. The summed E-state index contributed by atoms with van der Waals surface area (Å²) in [6.45, 7) is 1.39. The fourth-order valence-electron chi connectivity index (χ4n) is 4.69. The second kappa shape index (κ2) is 7.24. The minimum Gasteiger partial charge on any atom is -0.495 e. The number of nitrogens with zero attached hydrogens (tertiary/aromatic N) is 1. The van der Waals surface area contributed by atoms with Gasteiger partial charge in [0.15, 0.2) is 0 Å². The smallest absolute Gasteiger partial charge is 0.321 e. The third-order valence-electron chi connectivity index (χ3n) is 5.87. The van der Waals surface area contributed by atoms with Crippen LogP contribution < -0.4 is 10.1 Å². The molecule has 5 nitrogen and oxygen atoms in total. The summed E-state index contributed by atoms with van der Waals surface area (Å²) in [5.74, 6) is 1.38. The second-order valence-corrected chi connectivity index (χ2v) is 7.85. The fourth-order valence-corrected chi connectivity index (χ4v) is 4.69. The van der Waals surface area contributed by atoms with Gasteiger partial charge in [0.1, 0.15) is 5.75 Å². The summed E-state index contributed by atoms with van der Waals surface area (Å²) in [4.78, 5) is 14.5. The molecule has 27 heavy (non-hydrogen) atoms. The van der Waals surface area contributed by atoms with Crippen LogP contribution in [0.3, 0.4) is 0 Å². The summed E-state index contributed by atoms with van der Waals surface area (Å²) in [5, 5.41) is 14.0. The summed E-state index contributed by atoms with van der Waals surface area (Å²) < 4.78 is 5.30. The molecule has 2 aromatic carbocycles. The lowest BCUT2D eigenvalue weighted by Gasteiger charge is -2.26. The second-order valence-electron chi connectivity index (χ2n) is 7.85. The van der Waals surface area contributed by atoms with E-state index in [4.69, 9.17) is 4.74 Å². The first-order valence-electron chi connectivity index (χ1n) is 9.51. The van der Waals surface area contributed by atoms with Gasteiger partial charge in [-0.3, -0.25) is 0 Å². The Kier molecular flexibility index (Phi) is 4.79. The number of para-hydroxylation sites is 2. The molecular weight excluding hydrogens is 340 g/mol. The molecule has 4 rings (SSSR count). The molecule has 2 N–H and O–H groups in total. The number of hydrogen-bond acceptors (Lipinski definition) is 3. The maximum atomic E-state index is 12.7. The molecule has 1 aliphatic carbocycles. The van der Waals surface area contributed by atoms with E-state index < -0.39 is 5.60 Å². The molecule has 0 radical (unpaired) electrons. The predicted molar refractivity (Wildman–Crippen MR) is 105 cm³/mol. The molecule has 0 spiro atoms. The lowest BCUT2D eigenvalue weighted by molar-refractivity contribution is 0.0368. The van der Waals surface area contributed by atoms with Crippen LogP contribution in [0.5, 0.6) is 5.75 Å². The molecule has 2 unspecified atom stereocenters. The summed E-state index contributed by atoms with van der Waals surface area (Å²) in [6.07, 6.45) is 2.20. The SMILES string of the molecule is COc1ccccc1NC(=O)N1CC2CC(O)(Cc3ccccc3)CC2C1. The lowest BCUT2D eigenvalue weighted by atomic mass is 9.91. The van der Waals surface area contributed by atoms with Gasteiger partial charge in [-0.2, -0.15) is 0 Å². The van der Waals surface area contributed by atoms with Crippen LogP contribution in [0.4, 0.5) is 10.5 Å². The highest BCUT2D eigenvalue weighted by atomic mass is 16.5. The molecule has 2 amide bonds. The van der Waals surface area contributed by atoms with Gasteiger partial charge < -0.3 is 20.1 Å². The average Bonchev–Trinajstić information content (AvgIpc) is 3.18. The van der Waals surface area contributed by atoms with Gasteiger partial charge in [-0.1, -0.05) is 42.5 Å². The van der Waals surface area contributed by atoms with E-state index in [1.807, 2.05) is 47.4 Å². The van der Waals surface area contributed by atoms with Crippen molar-refractivity contribution in [2.75, 3.05) is 25.5 Å². The quantitative estimate of drug-likeness (QED) is 0.870. The number of carbonyl (C=O) groups is 1. The number of methoxy groups -OCH3 is 1. The van der Waals surface area contributed by atoms with E-state index in [1.54, 1.807) is 7.11 Å². The van der Waals surface area contributed by atoms with Crippen LogP contribution >= 0.6 is 0 Å². The van der Waals surface area contributed by atoms with Crippen molar-refractivity contribution in [1.29, 1.82) is 0 Å². The van der Waals surface area contributed by atoms with Gasteiger partial charge in [-0.05, 0) is 42.4 Å². The standard InChI is InChI=1S/C22H26N2O3/c1-27-20-10-6-5-9-19(20)23-21(25)24-14-17-12-22(26,13-18(17)15-24)11-16-7-3-2-4-8-16/h2-10,17-18,26H,11-15H2,1H3,(H,23,25). The van der Waals surface area contributed by atoms with E-state index in [9.17, 15) is 9.90 Å². The molecule has 1 saturated heterocycles. The number of ether oxygens (including phenoxy) is 1. The number of rotatable bonds is 4. The zero-order valence-corrected chi connectivity index (χ0v) is 15.6. The van der Waals surface area contributed by atoms with E-state index in [0.29, 0.717) is 42.8 Å². The van der Waals surface area contributed by atoms with Crippen LogP contribution in [0.15, 0.2) is 54.6 Å². The fraction of sp³-hybridized carbons (Fsp3) is 0.409. The Morgan fingerprint density at radius 3 is 2.41 bits per heavy atom. The van der Waals surface area contributed by atoms with Crippen LogP contribution in [0.25, 0.3) is 0 Å². The monoisotopic (exact) mass is 366 g/mol. The minimum absolute atomic E-state index is 0.0968. The molecule has 1 heterocycles. The third-order valence-corrected chi connectivity index (χ3v) is 5.87. The molecule has 5 heteroatoms. The van der Waals surface area contributed by atoms with Crippen molar-refractivity contribution in [3.05, 3.63) is 60.2 Å². The maximum Gasteiger partial charge on any atom is 0.321 e. The van der Waals surface area contributed by atoms with E-state index >= 15 is 0 Å². The first-order valence-corrected chi connectivity index (χ1v) is 9.51. The first-order chi connectivity index (χ1) is 13.1.